The molecule has 86 valence electrons. The first-order valence-corrected chi connectivity index (χ1v) is 5.46. The van der Waals surface area contributed by atoms with Gasteiger partial charge in [-0.25, -0.2) is 0 Å². The van der Waals surface area contributed by atoms with Crippen LogP contribution >= 0.6 is 23.2 Å². The summed E-state index contributed by atoms with van der Waals surface area (Å²) in [5.74, 6) is 0.497. The molecule has 0 aliphatic carbocycles. The Kier molecular flexibility index (Phi) is 3.10. The van der Waals surface area contributed by atoms with Crippen LogP contribution in [0.15, 0.2) is 12.1 Å². The van der Waals surface area contributed by atoms with Crippen molar-refractivity contribution in [2.24, 2.45) is 0 Å². The lowest BCUT2D eigenvalue weighted by Crippen LogP contribution is -2.48. The fraction of sp³-hybridized carbons (Fsp3) is 0.364. The SMILES string of the molecule is COc1cc(Cl)c(C2(C=O)COC2)cc1Cl. The Morgan fingerprint density at radius 2 is 2.06 bits per heavy atom. The average molecular weight is 261 g/mol. The maximum atomic E-state index is 11.1. The molecule has 5 heteroatoms. The summed E-state index contributed by atoms with van der Waals surface area (Å²) in [5.41, 5.74) is 0.0497. The van der Waals surface area contributed by atoms with E-state index >= 15 is 0 Å². The van der Waals surface area contributed by atoms with Crippen molar-refractivity contribution >= 4 is 29.5 Å². The summed E-state index contributed by atoms with van der Waals surface area (Å²) in [6.45, 7) is 0.692. The minimum atomic E-state index is -0.646. The van der Waals surface area contributed by atoms with E-state index in [-0.39, 0.29) is 0 Å². The quantitative estimate of drug-likeness (QED) is 0.784. The van der Waals surface area contributed by atoms with Crippen LogP contribution in [0.1, 0.15) is 5.56 Å². The highest BCUT2D eigenvalue weighted by molar-refractivity contribution is 6.35. The number of rotatable bonds is 3. The average Bonchev–Trinajstić information content (AvgIpc) is 2.22. The summed E-state index contributed by atoms with van der Waals surface area (Å²) >= 11 is 12.1. The Bertz CT molecular complexity index is 427. The highest BCUT2D eigenvalue weighted by Gasteiger charge is 2.42. The fourth-order valence-corrected chi connectivity index (χ4v) is 2.26. The van der Waals surface area contributed by atoms with E-state index in [9.17, 15) is 4.79 Å². The Morgan fingerprint density at radius 1 is 1.38 bits per heavy atom. The first-order valence-electron chi connectivity index (χ1n) is 4.70. The Labute approximate surface area is 103 Å². The summed E-state index contributed by atoms with van der Waals surface area (Å²) in [4.78, 5) is 11.1. The van der Waals surface area contributed by atoms with E-state index in [1.807, 2.05) is 0 Å². The molecule has 1 saturated heterocycles. The molecule has 1 aliphatic heterocycles. The molecule has 1 aliphatic rings. The van der Waals surface area contributed by atoms with Crippen LogP contribution in [-0.2, 0) is 14.9 Å². The third-order valence-corrected chi connectivity index (χ3v) is 3.33. The zero-order valence-corrected chi connectivity index (χ0v) is 10.1. The largest absolute Gasteiger partial charge is 0.495 e. The van der Waals surface area contributed by atoms with Gasteiger partial charge in [-0.05, 0) is 11.6 Å². The van der Waals surface area contributed by atoms with Gasteiger partial charge in [-0.1, -0.05) is 23.2 Å². The van der Waals surface area contributed by atoms with Gasteiger partial charge in [0, 0.05) is 11.1 Å². The molecule has 1 fully saturated rings. The molecule has 0 aromatic heterocycles. The van der Waals surface area contributed by atoms with Gasteiger partial charge >= 0.3 is 0 Å². The van der Waals surface area contributed by atoms with Crippen molar-refractivity contribution in [2.45, 2.75) is 5.41 Å². The second kappa shape index (κ2) is 4.24. The monoisotopic (exact) mass is 260 g/mol. The van der Waals surface area contributed by atoms with Crippen molar-refractivity contribution in [1.29, 1.82) is 0 Å². The standard InChI is InChI=1S/C11H10Cl2O3/c1-15-10-3-8(12)7(2-9(10)13)11(4-14)5-16-6-11/h2-4H,5-6H2,1H3. The molecule has 0 saturated carbocycles. The third kappa shape index (κ3) is 1.69. The Morgan fingerprint density at radius 3 is 2.50 bits per heavy atom. The minimum Gasteiger partial charge on any atom is -0.495 e. The van der Waals surface area contributed by atoms with Crippen LogP contribution in [-0.4, -0.2) is 26.6 Å². The van der Waals surface area contributed by atoms with Gasteiger partial charge in [-0.3, -0.25) is 0 Å². The number of methoxy groups -OCH3 is 1. The lowest BCUT2D eigenvalue weighted by Gasteiger charge is -2.37. The van der Waals surface area contributed by atoms with Crippen molar-refractivity contribution in [2.75, 3.05) is 20.3 Å². The van der Waals surface area contributed by atoms with Gasteiger partial charge in [0.2, 0.25) is 0 Å². The number of aldehydes is 1. The van der Waals surface area contributed by atoms with Crippen LogP contribution in [0.3, 0.4) is 0 Å². The molecule has 16 heavy (non-hydrogen) atoms. The number of benzene rings is 1. The van der Waals surface area contributed by atoms with Crippen LogP contribution in [0.5, 0.6) is 5.75 Å². The van der Waals surface area contributed by atoms with Crippen LogP contribution < -0.4 is 4.74 Å². The van der Waals surface area contributed by atoms with Gasteiger partial charge < -0.3 is 14.3 Å². The topological polar surface area (TPSA) is 35.5 Å². The van der Waals surface area contributed by atoms with E-state index in [2.05, 4.69) is 0 Å². The Balaban J connectivity index is 2.49. The molecule has 0 amide bonds. The molecule has 3 nitrogen and oxygen atoms in total. The van der Waals surface area contributed by atoms with Crippen molar-refractivity contribution in [1.82, 2.24) is 0 Å². The molecule has 0 bridgehead atoms. The Hall–Kier alpha value is -0.770. The van der Waals surface area contributed by atoms with E-state index in [4.69, 9.17) is 32.7 Å². The van der Waals surface area contributed by atoms with Crippen LogP contribution in [0.4, 0.5) is 0 Å². The summed E-state index contributed by atoms with van der Waals surface area (Å²) in [5, 5.41) is 0.909. The highest BCUT2D eigenvalue weighted by Crippen LogP contribution is 2.39. The molecule has 1 aromatic carbocycles. The van der Waals surface area contributed by atoms with Crippen LogP contribution in [0.25, 0.3) is 0 Å². The normalized spacial score (nSPS) is 17.7. The molecular weight excluding hydrogens is 251 g/mol. The zero-order valence-electron chi connectivity index (χ0n) is 8.63. The summed E-state index contributed by atoms with van der Waals surface area (Å²) in [6, 6.07) is 3.28. The van der Waals surface area contributed by atoms with Crippen molar-refractivity contribution in [3.63, 3.8) is 0 Å². The third-order valence-electron chi connectivity index (χ3n) is 2.72. The number of hydrogen-bond donors (Lipinski definition) is 0. The van der Waals surface area contributed by atoms with E-state index in [1.54, 1.807) is 12.1 Å². The molecule has 1 aromatic rings. The number of carbonyl (C=O) groups excluding carboxylic acids is 1. The van der Waals surface area contributed by atoms with Gasteiger partial charge in [-0.15, -0.1) is 0 Å². The lowest BCUT2D eigenvalue weighted by molar-refractivity contribution is -0.129. The van der Waals surface area contributed by atoms with Crippen molar-refractivity contribution < 1.29 is 14.3 Å². The van der Waals surface area contributed by atoms with Crippen LogP contribution in [0, 0.1) is 0 Å². The van der Waals surface area contributed by atoms with Gasteiger partial charge in [0.25, 0.3) is 0 Å². The van der Waals surface area contributed by atoms with Crippen molar-refractivity contribution in [3.05, 3.63) is 27.7 Å². The summed E-state index contributed by atoms with van der Waals surface area (Å²) in [6.07, 6.45) is 0.862. The number of carbonyl (C=O) groups is 1. The van der Waals surface area contributed by atoms with E-state index in [0.717, 1.165) is 6.29 Å². The van der Waals surface area contributed by atoms with Crippen LogP contribution in [0.2, 0.25) is 10.0 Å². The predicted molar refractivity (Wildman–Crippen MR) is 61.6 cm³/mol. The number of hydrogen-bond acceptors (Lipinski definition) is 3. The molecule has 0 atom stereocenters. The van der Waals surface area contributed by atoms with Gasteiger partial charge in [-0.2, -0.15) is 0 Å². The van der Waals surface area contributed by atoms with Gasteiger partial charge in [0.1, 0.15) is 12.0 Å². The fourth-order valence-electron chi connectivity index (χ4n) is 1.68. The summed E-state index contributed by atoms with van der Waals surface area (Å²) < 4.78 is 10.1. The first kappa shape index (κ1) is 11.7. The highest BCUT2D eigenvalue weighted by atomic mass is 35.5. The molecule has 0 unspecified atom stereocenters. The number of halogens is 2. The van der Waals surface area contributed by atoms with Gasteiger partial charge in [0.05, 0.1) is 30.8 Å². The van der Waals surface area contributed by atoms with E-state index < -0.39 is 5.41 Å². The maximum Gasteiger partial charge on any atom is 0.138 e. The minimum absolute atomic E-state index is 0.346. The zero-order chi connectivity index (χ0) is 11.8. The second-order valence-corrected chi connectivity index (χ2v) is 4.55. The van der Waals surface area contributed by atoms with Gasteiger partial charge in [0.15, 0.2) is 0 Å². The van der Waals surface area contributed by atoms with Crippen molar-refractivity contribution in [3.8, 4) is 5.75 Å². The van der Waals surface area contributed by atoms with E-state index in [0.29, 0.717) is 34.6 Å². The first-order chi connectivity index (χ1) is 7.63. The molecular formula is C11H10Cl2O3. The molecule has 2 rings (SSSR count). The maximum absolute atomic E-state index is 11.1. The lowest BCUT2D eigenvalue weighted by atomic mass is 9.80. The second-order valence-electron chi connectivity index (χ2n) is 3.73. The smallest absolute Gasteiger partial charge is 0.138 e. The molecule has 0 radical (unpaired) electrons. The predicted octanol–water partition coefficient (Wildman–Crippen LogP) is 2.47. The summed E-state index contributed by atoms with van der Waals surface area (Å²) in [7, 11) is 1.51. The van der Waals surface area contributed by atoms with E-state index in [1.165, 1.54) is 7.11 Å². The number of ether oxygens (including phenoxy) is 2. The molecule has 0 spiro atoms. The molecule has 1 heterocycles. The molecule has 0 N–H and O–H groups in total.